The maximum atomic E-state index is 12.5. The van der Waals surface area contributed by atoms with Gasteiger partial charge >= 0.3 is 0 Å². The van der Waals surface area contributed by atoms with Crippen molar-refractivity contribution in [3.05, 3.63) is 63.1 Å². The minimum atomic E-state index is 0.104. The van der Waals surface area contributed by atoms with Crippen LogP contribution >= 0.6 is 15.9 Å². The van der Waals surface area contributed by atoms with Crippen LogP contribution in [-0.4, -0.2) is 12.9 Å². The molecule has 0 atom stereocenters. The number of ether oxygens (including phenoxy) is 1. The minimum absolute atomic E-state index is 0.104. The van der Waals surface area contributed by atoms with Gasteiger partial charge in [-0.3, -0.25) is 4.79 Å². The Morgan fingerprint density at radius 3 is 2.60 bits per heavy atom. The first-order valence-corrected chi connectivity index (χ1v) is 7.23. The fourth-order valence-electron chi connectivity index (χ4n) is 2.21. The van der Waals surface area contributed by atoms with Crippen LogP contribution in [0.1, 0.15) is 27.0 Å². The van der Waals surface area contributed by atoms with Gasteiger partial charge in [0, 0.05) is 22.0 Å². The zero-order valence-electron chi connectivity index (χ0n) is 11.9. The number of rotatable bonds is 4. The van der Waals surface area contributed by atoms with Gasteiger partial charge in [-0.05, 0) is 37.6 Å². The monoisotopic (exact) mass is 332 g/mol. The molecule has 0 saturated carbocycles. The van der Waals surface area contributed by atoms with Crippen molar-refractivity contribution in [3.8, 4) is 5.75 Å². The van der Waals surface area contributed by atoms with E-state index in [4.69, 9.17) is 4.74 Å². The molecule has 0 fully saturated rings. The molecule has 20 heavy (non-hydrogen) atoms. The topological polar surface area (TPSA) is 26.3 Å². The maximum Gasteiger partial charge on any atom is 0.167 e. The highest BCUT2D eigenvalue weighted by Gasteiger charge is 2.13. The summed E-state index contributed by atoms with van der Waals surface area (Å²) in [5.74, 6) is 0.865. The molecule has 0 radical (unpaired) electrons. The molecule has 3 heteroatoms. The first kappa shape index (κ1) is 14.8. The molecule has 0 spiro atoms. The molecule has 0 saturated heterocycles. The van der Waals surface area contributed by atoms with Gasteiger partial charge in [0.25, 0.3) is 0 Å². The molecule has 0 amide bonds. The van der Waals surface area contributed by atoms with Gasteiger partial charge in [-0.2, -0.15) is 0 Å². The average Bonchev–Trinajstić information content (AvgIpc) is 2.41. The zero-order valence-corrected chi connectivity index (χ0v) is 13.5. The number of hydrogen-bond donors (Lipinski definition) is 0. The van der Waals surface area contributed by atoms with E-state index in [2.05, 4.69) is 15.9 Å². The van der Waals surface area contributed by atoms with Gasteiger partial charge in [0.1, 0.15) is 5.75 Å². The van der Waals surface area contributed by atoms with E-state index in [1.165, 1.54) is 0 Å². The van der Waals surface area contributed by atoms with Crippen LogP contribution in [0.4, 0.5) is 0 Å². The van der Waals surface area contributed by atoms with E-state index in [-0.39, 0.29) is 5.78 Å². The second-order valence-electron chi connectivity index (χ2n) is 4.87. The molecule has 2 nitrogen and oxygen atoms in total. The van der Waals surface area contributed by atoms with Crippen LogP contribution in [0.25, 0.3) is 0 Å². The summed E-state index contributed by atoms with van der Waals surface area (Å²) in [6, 6.07) is 11.7. The molecule has 0 unspecified atom stereocenters. The first-order chi connectivity index (χ1) is 9.51. The van der Waals surface area contributed by atoms with Crippen molar-refractivity contribution in [3.63, 3.8) is 0 Å². The van der Waals surface area contributed by atoms with Gasteiger partial charge in [0.05, 0.1) is 7.11 Å². The summed E-state index contributed by atoms with van der Waals surface area (Å²) in [5, 5.41) is 0. The number of aryl methyl sites for hydroxylation is 2. The first-order valence-electron chi connectivity index (χ1n) is 6.44. The largest absolute Gasteiger partial charge is 0.496 e. The SMILES string of the molecule is COc1ccc(C)cc1CC(=O)c1cc(Br)ccc1C. The lowest BCUT2D eigenvalue weighted by Gasteiger charge is -2.10. The van der Waals surface area contributed by atoms with Crippen molar-refractivity contribution in [1.29, 1.82) is 0 Å². The summed E-state index contributed by atoms with van der Waals surface area (Å²) in [5.41, 5.74) is 3.80. The average molecular weight is 333 g/mol. The van der Waals surface area contributed by atoms with Gasteiger partial charge in [-0.1, -0.05) is 39.7 Å². The van der Waals surface area contributed by atoms with Gasteiger partial charge in [-0.25, -0.2) is 0 Å². The summed E-state index contributed by atoms with van der Waals surface area (Å²) in [7, 11) is 1.63. The van der Waals surface area contributed by atoms with Crippen LogP contribution in [0.5, 0.6) is 5.75 Å². The van der Waals surface area contributed by atoms with Crippen LogP contribution in [-0.2, 0) is 6.42 Å². The molecule has 0 N–H and O–H groups in total. The quantitative estimate of drug-likeness (QED) is 0.770. The van der Waals surface area contributed by atoms with Crippen LogP contribution < -0.4 is 4.74 Å². The third-order valence-corrected chi connectivity index (χ3v) is 3.78. The van der Waals surface area contributed by atoms with Gasteiger partial charge in [0.15, 0.2) is 5.78 Å². The molecule has 2 rings (SSSR count). The van der Waals surface area contributed by atoms with Crippen molar-refractivity contribution < 1.29 is 9.53 Å². The molecule has 0 aliphatic rings. The van der Waals surface area contributed by atoms with Crippen LogP contribution in [0, 0.1) is 13.8 Å². The molecule has 0 heterocycles. The van der Waals surface area contributed by atoms with E-state index in [0.29, 0.717) is 6.42 Å². The highest BCUT2D eigenvalue weighted by molar-refractivity contribution is 9.10. The Morgan fingerprint density at radius 1 is 1.15 bits per heavy atom. The molecular formula is C17H17BrO2. The molecule has 0 aliphatic heterocycles. The Bertz CT molecular complexity index is 647. The normalized spacial score (nSPS) is 10.4. The molecule has 0 aliphatic carbocycles. The maximum absolute atomic E-state index is 12.5. The summed E-state index contributed by atoms with van der Waals surface area (Å²) in [4.78, 5) is 12.5. The number of methoxy groups -OCH3 is 1. The number of benzene rings is 2. The lowest BCUT2D eigenvalue weighted by atomic mass is 9.98. The van der Waals surface area contributed by atoms with Crippen molar-refractivity contribution in [2.24, 2.45) is 0 Å². The van der Waals surface area contributed by atoms with Crippen LogP contribution in [0.15, 0.2) is 40.9 Å². The van der Waals surface area contributed by atoms with Gasteiger partial charge in [0.2, 0.25) is 0 Å². The third-order valence-electron chi connectivity index (χ3n) is 3.29. The van der Waals surface area contributed by atoms with Gasteiger partial charge in [-0.15, -0.1) is 0 Å². The molecule has 0 aromatic heterocycles. The van der Waals surface area contributed by atoms with E-state index < -0.39 is 0 Å². The Hall–Kier alpha value is -1.61. The van der Waals surface area contributed by atoms with E-state index >= 15 is 0 Å². The molecule has 104 valence electrons. The van der Waals surface area contributed by atoms with E-state index in [1.807, 2.05) is 50.2 Å². The smallest absolute Gasteiger partial charge is 0.167 e. The second kappa shape index (κ2) is 6.23. The fourth-order valence-corrected chi connectivity index (χ4v) is 2.57. The van der Waals surface area contributed by atoms with Crippen molar-refractivity contribution in [2.45, 2.75) is 20.3 Å². The number of halogens is 1. The minimum Gasteiger partial charge on any atom is -0.496 e. The van der Waals surface area contributed by atoms with Crippen molar-refractivity contribution in [1.82, 2.24) is 0 Å². The summed E-state index contributed by atoms with van der Waals surface area (Å²) < 4.78 is 6.25. The Balaban J connectivity index is 2.32. The van der Waals surface area contributed by atoms with E-state index in [0.717, 1.165) is 32.5 Å². The molecule has 2 aromatic rings. The van der Waals surface area contributed by atoms with Crippen LogP contribution in [0.3, 0.4) is 0 Å². The Morgan fingerprint density at radius 2 is 1.90 bits per heavy atom. The van der Waals surface area contributed by atoms with Crippen LogP contribution in [0.2, 0.25) is 0 Å². The number of hydrogen-bond acceptors (Lipinski definition) is 2. The van der Waals surface area contributed by atoms with Gasteiger partial charge < -0.3 is 4.74 Å². The summed E-state index contributed by atoms with van der Waals surface area (Å²) >= 11 is 3.41. The highest BCUT2D eigenvalue weighted by Crippen LogP contribution is 2.23. The molecular weight excluding hydrogens is 316 g/mol. The Kier molecular flexibility index (Phi) is 4.61. The standard InChI is InChI=1S/C17H17BrO2/c1-11-4-7-17(20-3)13(8-11)9-16(19)15-10-14(18)6-5-12(15)2/h4-8,10H,9H2,1-3H3. The zero-order chi connectivity index (χ0) is 14.7. The van der Waals surface area contributed by atoms with Crippen molar-refractivity contribution >= 4 is 21.7 Å². The number of carbonyl (C=O) groups excluding carboxylic acids is 1. The third kappa shape index (κ3) is 3.28. The second-order valence-corrected chi connectivity index (χ2v) is 5.79. The van der Waals surface area contributed by atoms with E-state index in [9.17, 15) is 4.79 Å². The number of Topliss-reactive ketones (excluding diaryl/α,β-unsaturated/α-hetero) is 1. The predicted molar refractivity (Wildman–Crippen MR) is 84.6 cm³/mol. The molecule has 0 bridgehead atoms. The summed E-state index contributed by atoms with van der Waals surface area (Å²) in [6.07, 6.45) is 0.349. The number of carbonyl (C=O) groups is 1. The lowest BCUT2D eigenvalue weighted by Crippen LogP contribution is -2.07. The Labute approximate surface area is 127 Å². The van der Waals surface area contributed by atoms with E-state index in [1.54, 1.807) is 7.11 Å². The fraction of sp³-hybridized carbons (Fsp3) is 0.235. The van der Waals surface area contributed by atoms with Crippen molar-refractivity contribution in [2.75, 3.05) is 7.11 Å². The highest BCUT2D eigenvalue weighted by atomic mass is 79.9. The lowest BCUT2D eigenvalue weighted by molar-refractivity contribution is 0.0991. The summed E-state index contributed by atoms with van der Waals surface area (Å²) in [6.45, 7) is 3.96. The number of ketones is 1. The molecule has 2 aromatic carbocycles. The predicted octanol–water partition coefficient (Wildman–Crippen LogP) is 4.50.